The number of hydrogen-bond acceptors (Lipinski definition) is 3. The highest BCUT2D eigenvalue weighted by atomic mass is 16.4. The Morgan fingerprint density at radius 1 is 1.45 bits per heavy atom. The van der Waals surface area contributed by atoms with Gasteiger partial charge in [-0.05, 0) is 19.4 Å². The third-order valence-electron chi connectivity index (χ3n) is 1.47. The van der Waals surface area contributed by atoms with Crippen LogP contribution in [0.5, 0.6) is 0 Å². The molecule has 0 spiro atoms. The fourth-order valence-electron chi connectivity index (χ4n) is 0.877. The Labute approximate surface area is 66.6 Å². The minimum absolute atomic E-state index is 0.0601. The van der Waals surface area contributed by atoms with Gasteiger partial charge in [-0.15, -0.1) is 0 Å². The van der Waals surface area contributed by atoms with Crippen molar-refractivity contribution in [1.82, 2.24) is 0 Å². The van der Waals surface area contributed by atoms with Gasteiger partial charge >= 0.3 is 5.97 Å². The first kappa shape index (κ1) is 10.4. The smallest absolute Gasteiger partial charge is 0.304 e. The molecule has 0 saturated carbocycles. The molecule has 0 aromatic rings. The van der Waals surface area contributed by atoms with Gasteiger partial charge in [0.15, 0.2) is 0 Å². The van der Waals surface area contributed by atoms with Crippen molar-refractivity contribution in [3.05, 3.63) is 0 Å². The number of rotatable bonds is 6. The highest BCUT2D eigenvalue weighted by Gasteiger charge is 2.06. The second kappa shape index (κ2) is 6.12. The van der Waals surface area contributed by atoms with E-state index in [0.29, 0.717) is 6.54 Å². The fourth-order valence-corrected chi connectivity index (χ4v) is 0.877. The summed E-state index contributed by atoms with van der Waals surface area (Å²) in [4.78, 5) is 10.1. The van der Waals surface area contributed by atoms with Crippen LogP contribution < -0.4 is 11.5 Å². The zero-order valence-electron chi connectivity index (χ0n) is 6.62. The summed E-state index contributed by atoms with van der Waals surface area (Å²) in [5, 5.41) is 8.34. The van der Waals surface area contributed by atoms with Gasteiger partial charge in [0.25, 0.3) is 0 Å². The minimum Gasteiger partial charge on any atom is -0.481 e. The predicted octanol–water partition coefficient (Wildman–Crippen LogP) is -0.0826. The Balaban J connectivity index is 3.22. The van der Waals surface area contributed by atoms with Crippen LogP contribution in [0.3, 0.4) is 0 Å². The van der Waals surface area contributed by atoms with Crippen molar-refractivity contribution in [1.29, 1.82) is 0 Å². The Bertz CT molecular complexity index is 117. The molecular weight excluding hydrogens is 144 g/mol. The molecule has 0 aliphatic rings. The third-order valence-corrected chi connectivity index (χ3v) is 1.47. The Morgan fingerprint density at radius 2 is 2.09 bits per heavy atom. The van der Waals surface area contributed by atoms with Crippen molar-refractivity contribution >= 4 is 5.97 Å². The van der Waals surface area contributed by atoms with Gasteiger partial charge in [0.05, 0.1) is 6.42 Å². The van der Waals surface area contributed by atoms with E-state index in [1.165, 1.54) is 0 Å². The number of carboxylic acid groups (broad SMARTS) is 1. The van der Waals surface area contributed by atoms with E-state index in [9.17, 15) is 4.79 Å². The Kier molecular flexibility index (Phi) is 5.78. The number of nitrogens with two attached hydrogens (primary N) is 2. The number of aliphatic carboxylic acids is 1. The van der Waals surface area contributed by atoms with Crippen LogP contribution >= 0.6 is 0 Å². The second-order valence-electron chi connectivity index (χ2n) is 2.64. The molecule has 1 unspecified atom stereocenters. The lowest BCUT2D eigenvalue weighted by Gasteiger charge is -2.06. The minimum atomic E-state index is -0.828. The summed E-state index contributed by atoms with van der Waals surface area (Å²) in [5.74, 6) is -0.828. The average Bonchev–Trinajstić information content (AvgIpc) is 1.86. The van der Waals surface area contributed by atoms with Gasteiger partial charge in [0, 0.05) is 6.04 Å². The predicted molar refractivity (Wildman–Crippen MR) is 43.1 cm³/mol. The summed E-state index contributed by atoms with van der Waals surface area (Å²) in [5.41, 5.74) is 10.8. The van der Waals surface area contributed by atoms with Crippen LogP contribution in [-0.2, 0) is 4.79 Å². The van der Waals surface area contributed by atoms with Crippen LogP contribution in [0.4, 0.5) is 0 Å². The van der Waals surface area contributed by atoms with Gasteiger partial charge in [-0.3, -0.25) is 4.79 Å². The van der Waals surface area contributed by atoms with Crippen LogP contribution in [-0.4, -0.2) is 23.7 Å². The van der Waals surface area contributed by atoms with E-state index in [1.54, 1.807) is 0 Å². The molecule has 0 rings (SSSR count). The molecule has 0 aromatic heterocycles. The molecule has 0 heterocycles. The summed E-state index contributed by atoms with van der Waals surface area (Å²) in [6.07, 6.45) is 2.66. The van der Waals surface area contributed by atoms with Gasteiger partial charge in [-0.25, -0.2) is 0 Å². The summed E-state index contributed by atoms with van der Waals surface area (Å²) < 4.78 is 0. The van der Waals surface area contributed by atoms with Gasteiger partial charge in [-0.1, -0.05) is 6.42 Å². The molecule has 11 heavy (non-hydrogen) atoms. The summed E-state index contributed by atoms with van der Waals surface area (Å²) >= 11 is 0. The summed E-state index contributed by atoms with van der Waals surface area (Å²) in [6, 6.07) is -0.209. The van der Waals surface area contributed by atoms with E-state index in [1.807, 2.05) is 0 Å². The van der Waals surface area contributed by atoms with Crippen LogP contribution in [0.1, 0.15) is 25.7 Å². The van der Waals surface area contributed by atoms with E-state index in [0.717, 1.165) is 19.3 Å². The molecular formula is C7H16N2O2. The molecule has 0 fully saturated rings. The number of unbranched alkanes of at least 4 members (excludes halogenated alkanes) is 1. The van der Waals surface area contributed by atoms with Crippen LogP contribution in [0.2, 0.25) is 0 Å². The molecule has 5 N–H and O–H groups in total. The molecule has 0 aliphatic heterocycles. The summed E-state index contributed by atoms with van der Waals surface area (Å²) in [6.45, 7) is 0.653. The molecule has 4 nitrogen and oxygen atoms in total. The van der Waals surface area contributed by atoms with Crippen molar-refractivity contribution in [2.45, 2.75) is 31.7 Å². The van der Waals surface area contributed by atoms with Gasteiger partial charge in [-0.2, -0.15) is 0 Å². The first-order valence-electron chi connectivity index (χ1n) is 3.84. The van der Waals surface area contributed by atoms with E-state index in [-0.39, 0.29) is 12.5 Å². The maximum atomic E-state index is 10.1. The van der Waals surface area contributed by atoms with Crippen molar-refractivity contribution in [3.63, 3.8) is 0 Å². The van der Waals surface area contributed by atoms with E-state index in [2.05, 4.69) is 0 Å². The van der Waals surface area contributed by atoms with Crippen LogP contribution in [0, 0.1) is 0 Å². The molecule has 66 valence electrons. The van der Waals surface area contributed by atoms with Crippen molar-refractivity contribution in [3.8, 4) is 0 Å². The number of hydrogen-bond donors (Lipinski definition) is 3. The molecule has 0 aliphatic carbocycles. The van der Waals surface area contributed by atoms with Crippen molar-refractivity contribution < 1.29 is 9.90 Å². The number of carboxylic acids is 1. The first-order valence-corrected chi connectivity index (χ1v) is 3.84. The van der Waals surface area contributed by atoms with Crippen LogP contribution in [0.15, 0.2) is 0 Å². The molecule has 0 amide bonds. The van der Waals surface area contributed by atoms with Crippen molar-refractivity contribution in [2.24, 2.45) is 11.5 Å². The molecule has 0 radical (unpaired) electrons. The van der Waals surface area contributed by atoms with Crippen LogP contribution in [0.25, 0.3) is 0 Å². The zero-order valence-corrected chi connectivity index (χ0v) is 6.62. The maximum Gasteiger partial charge on any atom is 0.304 e. The van der Waals surface area contributed by atoms with E-state index in [4.69, 9.17) is 16.6 Å². The summed E-state index contributed by atoms with van der Waals surface area (Å²) in [7, 11) is 0. The molecule has 1 atom stereocenters. The standard InChI is InChI=1S/C7H16N2O2/c8-4-2-1-3-6(9)5-7(10)11/h6H,1-5,8-9H2,(H,10,11). The highest BCUT2D eigenvalue weighted by Crippen LogP contribution is 2.00. The van der Waals surface area contributed by atoms with Gasteiger partial charge in [0.2, 0.25) is 0 Å². The largest absolute Gasteiger partial charge is 0.481 e. The molecule has 0 saturated heterocycles. The lowest BCUT2D eigenvalue weighted by molar-refractivity contribution is -0.137. The lowest BCUT2D eigenvalue weighted by atomic mass is 10.1. The van der Waals surface area contributed by atoms with Gasteiger partial charge < -0.3 is 16.6 Å². The van der Waals surface area contributed by atoms with Crippen molar-refractivity contribution in [2.75, 3.05) is 6.54 Å². The Morgan fingerprint density at radius 3 is 2.55 bits per heavy atom. The molecule has 0 bridgehead atoms. The van der Waals surface area contributed by atoms with Gasteiger partial charge in [0.1, 0.15) is 0 Å². The monoisotopic (exact) mass is 160 g/mol. The highest BCUT2D eigenvalue weighted by molar-refractivity contribution is 5.67. The average molecular weight is 160 g/mol. The van der Waals surface area contributed by atoms with E-state index >= 15 is 0 Å². The lowest BCUT2D eigenvalue weighted by Crippen LogP contribution is -2.23. The SMILES string of the molecule is NCCCCC(N)CC(=O)O. The molecule has 4 heteroatoms. The normalized spacial score (nSPS) is 12.9. The third kappa shape index (κ3) is 7.29. The second-order valence-corrected chi connectivity index (χ2v) is 2.64. The maximum absolute atomic E-state index is 10.1. The Hall–Kier alpha value is -0.610. The zero-order chi connectivity index (χ0) is 8.69. The fraction of sp³-hybridized carbons (Fsp3) is 0.857. The first-order chi connectivity index (χ1) is 5.16. The quantitative estimate of drug-likeness (QED) is 0.474. The topological polar surface area (TPSA) is 89.3 Å². The number of carbonyl (C=O) groups is 1. The molecule has 0 aromatic carbocycles. The van der Waals surface area contributed by atoms with E-state index < -0.39 is 5.97 Å².